The van der Waals surface area contributed by atoms with Gasteiger partial charge in [-0.15, -0.1) is 0 Å². The van der Waals surface area contributed by atoms with E-state index in [1.54, 1.807) is 19.1 Å². The van der Waals surface area contributed by atoms with E-state index in [0.717, 1.165) is 6.07 Å². The highest BCUT2D eigenvalue weighted by Crippen LogP contribution is 2.33. The fraction of sp³-hybridized carbons (Fsp3) is 0.333. The van der Waals surface area contributed by atoms with Crippen LogP contribution in [0.1, 0.15) is 23.6 Å². The Morgan fingerprint density at radius 2 is 2.00 bits per heavy atom. The molecule has 0 aliphatic heterocycles. The Morgan fingerprint density at radius 3 is 2.50 bits per heavy atom. The first-order chi connectivity index (χ1) is 8.23. The van der Waals surface area contributed by atoms with E-state index in [4.69, 9.17) is 5.14 Å². The quantitative estimate of drug-likeness (QED) is 0.863. The molecule has 1 rings (SSSR count). The van der Waals surface area contributed by atoms with E-state index >= 15 is 0 Å². The molecule has 0 fully saturated rings. The van der Waals surface area contributed by atoms with E-state index in [0.29, 0.717) is 5.56 Å². The van der Waals surface area contributed by atoms with Crippen LogP contribution in [0.5, 0.6) is 0 Å². The summed E-state index contributed by atoms with van der Waals surface area (Å²) < 4.78 is 48.9. The Hall–Kier alpha value is -0.980. The molecule has 0 aliphatic carbocycles. The SMILES string of the molecule is Cc1c(C=CC(C)[S+](N)[O-])cccc1C(F)(F)F. The van der Waals surface area contributed by atoms with Gasteiger partial charge >= 0.3 is 6.18 Å². The third kappa shape index (κ3) is 3.76. The number of halogens is 3. The van der Waals surface area contributed by atoms with Gasteiger partial charge in [-0.1, -0.05) is 18.2 Å². The van der Waals surface area contributed by atoms with Crippen molar-refractivity contribution in [1.29, 1.82) is 0 Å². The number of alkyl halides is 3. The summed E-state index contributed by atoms with van der Waals surface area (Å²) in [6.07, 6.45) is -1.31. The Kier molecular flexibility index (Phi) is 4.84. The summed E-state index contributed by atoms with van der Waals surface area (Å²) in [5.74, 6) is 0. The maximum Gasteiger partial charge on any atom is 0.416 e. The molecule has 100 valence electrons. The summed E-state index contributed by atoms with van der Waals surface area (Å²) in [7, 11) is 0. The third-order valence-electron chi connectivity index (χ3n) is 2.59. The van der Waals surface area contributed by atoms with Crippen LogP contribution in [0.4, 0.5) is 13.2 Å². The first-order valence-electron chi connectivity index (χ1n) is 5.23. The Bertz CT molecular complexity index is 443. The van der Waals surface area contributed by atoms with Gasteiger partial charge in [-0.25, -0.2) is 0 Å². The predicted octanol–water partition coefficient (Wildman–Crippen LogP) is 3.04. The van der Waals surface area contributed by atoms with Crippen LogP contribution in [0.25, 0.3) is 6.08 Å². The van der Waals surface area contributed by atoms with Crippen LogP contribution >= 0.6 is 0 Å². The zero-order valence-electron chi connectivity index (χ0n) is 9.99. The molecule has 0 amide bonds. The van der Waals surface area contributed by atoms with E-state index in [-0.39, 0.29) is 5.56 Å². The Labute approximate surface area is 107 Å². The molecule has 1 aromatic carbocycles. The standard InChI is InChI=1S/C12H14F3NOS/c1-8(18(16)17)6-7-10-4-3-5-11(9(10)2)12(13,14)15/h3-8H,16H2,1-2H3. The van der Waals surface area contributed by atoms with Crippen LogP contribution in [0.3, 0.4) is 0 Å². The molecule has 2 N–H and O–H groups in total. The highest BCUT2D eigenvalue weighted by atomic mass is 32.2. The van der Waals surface area contributed by atoms with E-state index in [2.05, 4.69) is 0 Å². The molecule has 0 aromatic heterocycles. The first kappa shape index (κ1) is 15.1. The van der Waals surface area contributed by atoms with Crippen LogP contribution < -0.4 is 5.14 Å². The van der Waals surface area contributed by atoms with Crippen molar-refractivity contribution in [1.82, 2.24) is 0 Å². The van der Waals surface area contributed by atoms with E-state index in [1.807, 2.05) is 0 Å². The average molecular weight is 277 g/mol. The summed E-state index contributed by atoms with van der Waals surface area (Å²) in [4.78, 5) is 0. The molecule has 0 aliphatic rings. The minimum absolute atomic E-state index is 0.149. The lowest BCUT2D eigenvalue weighted by Gasteiger charge is -2.12. The highest BCUT2D eigenvalue weighted by molar-refractivity contribution is 7.89. The topological polar surface area (TPSA) is 49.1 Å². The fourth-order valence-electron chi connectivity index (χ4n) is 1.46. The lowest BCUT2D eigenvalue weighted by molar-refractivity contribution is -0.138. The van der Waals surface area contributed by atoms with Crippen molar-refractivity contribution in [2.75, 3.05) is 0 Å². The summed E-state index contributed by atoms with van der Waals surface area (Å²) in [5.41, 5.74) is -0.0652. The minimum Gasteiger partial charge on any atom is -0.598 e. The van der Waals surface area contributed by atoms with Gasteiger partial charge in [-0.05, 0) is 37.1 Å². The summed E-state index contributed by atoms with van der Waals surface area (Å²) in [5, 5.41) is 4.77. The van der Waals surface area contributed by atoms with Crippen molar-refractivity contribution in [3.05, 3.63) is 41.0 Å². The Balaban J connectivity index is 3.05. The lowest BCUT2D eigenvalue weighted by Crippen LogP contribution is -2.23. The number of hydrogen-bond acceptors (Lipinski definition) is 2. The lowest BCUT2D eigenvalue weighted by atomic mass is 10.0. The minimum atomic E-state index is -4.36. The summed E-state index contributed by atoms with van der Waals surface area (Å²) in [6, 6.07) is 3.96. The van der Waals surface area contributed by atoms with Crippen LogP contribution in [0.15, 0.2) is 24.3 Å². The average Bonchev–Trinajstić information content (AvgIpc) is 2.25. The monoisotopic (exact) mass is 277 g/mol. The summed E-state index contributed by atoms with van der Waals surface area (Å²) >= 11 is -1.52. The molecule has 0 spiro atoms. The van der Waals surface area contributed by atoms with Gasteiger partial charge in [0.15, 0.2) is 5.25 Å². The van der Waals surface area contributed by atoms with Crippen LogP contribution in [-0.4, -0.2) is 9.80 Å². The van der Waals surface area contributed by atoms with Gasteiger partial charge in [0.05, 0.1) is 5.56 Å². The predicted molar refractivity (Wildman–Crippen MR) is 67.0 cm³/mol. The first-order valence-corrected chi connectivity index (χ1v) is 6.51. The van der Waals surface area contributed by atoms with Crippen molar-refractivity contribution in [2.24, 2.45) is 5.14 Å². The third-order valence-corrected chi connectivity index (χ3v) is 3.48. The molecule has 0 saturated heterocycles. The van der Waals surface area contributed by atoms with Crippen molar-refractivity contribution in [3.63, 3.8) is 0 Å². The molecular formula is C12H14F3NOS. The van der Waals surface area contributed by atoms with Crippen molar-refractivity contribution >= 4 is 17.4 Å². The van der Waals surface area contributed by atoms with Crippen LogP contribution in [0, 0.1) is 6.92 Å². The van der Waals surface area contributed by atoms with Crippen LogP contribution in [0.2, 0.25) is 0 Å². The largest absolute Gasteiger partial charge is 0.598 e. The van der Waals surface area contributed by atoms with E-state index in [1.165, 1.54) is 19.1 Å². The van der Waals surface area contributed by atoms with E-state index in [9.17, 15) is 17.7 Å². The van der Waals surface area contributed by atoms with Gasteiger partial charge in [-0.2, -0.15) is 18.3 Å². The molecule has 0 saturated carbocycles. The second-order valence-electron chi connectivity index (χ2n) is 3.91. The fourth-order valence-corrected chi connectivity index (χ4v) is 1.69. The van der Waals surface area contributed by atoms with Gasteiger partial charge in [0.1, 0.15) is 0 Å². The number of benzene rings is 1. The zero-order chi connectivity index (χ0) is 13.9. The smallest absolute Gasteiger partial charge is 0.416 e. The van der Waals surface area contributed by atoms with Gasteiger partial charge in [-0.3, -0.25) is 0 Å². The van der Waals surface area contributed by atoms with Gasteiger partial charge in [0, 0.05) is 11.4 Å². The highest BCUT2D eigenvalue weighted by Gasteiger charge is 2.32. The molecule has 2 nitrogen and oxygen atoms in total. The maximum atomic E-state index is 12.7. The Morgan fingerprint density at radius 1 is 1.39 bits per heavy atom. The maximum absolute atomic E-state index is 12.7. The molecule has 0 heterocycles. The second-order valence-corrected chi connectivity index (χ2v) is 5.31. The summed E-state index contributed by atoms with van der Waals surface area (Å²) in [6.45, 7) is 3.04. The second kappa shape index (κ2) is 5.77. The number of nitrogens with two attached hydrogens (primary N) is 1. The molecule has 0 radical (unpaired) electrons. The molecular weight excluding hydrogens is 263 g/mol. The number of hydrogen-bond donors (Lipinski definition) is 1. The molecule has 6 heteroatoms. The van der Waals surface area contributed by atoms with Crippen LogP contribution in [-0.2, 0) is 17.5 Å². The molecule has 1 aromatic rings. The van der Waals surface area contributed by atoms with Crippen molar-refractivity contribution in [2.45, 2.75) is 25.3 Å². The van der Waals surface area contributed by atoms with Gasteiger partial charge in [0.2, 0.25) is 0 Å². The molecule has 0 bridgehead atoms. The molecule has 18 heavy (non-hydrogen) atoms. The van der Waals surface area contributed by atoms with E-state index < -0.39 is 28.4 Å². The molecule has 2 unspecified atom stereocenters. The van der Waals surface area contributed by atoms with Gasteiger partial charge < -0.3 is 4.55 Å². The number of rotatable bonds is 3. The van der Waals surface area contributed by atoms with Gasteiger partial charge in [0.25, 0.3) is 0 Å². The van der Waals surface area contributed by atoms with Crippen molar-refractivity contribution in [3.8, 4) is 0 Å². The normalized spacial score (nSPS) is 15.9. The van der Waals surface area contributed by atoms with Crippen molar-refractivity contribution < 1.29 is 17.7 Å². The molecule has 2 atom stereocenters. The zero-order valence-corrected chi connectivity index (χ0v) is 10.8.